The third-order valence-electron chi connectivity index (χ3n) is 4.47. The molecule has 0 radical (unpaired) electrons. The Bertz CT molecular complexity index is 1260. The Morgan fingerprint density at radius 2 is 1.96 bits per heavy atom. The van der Waals surface area contributed by atoms with Gasteiger partial charge in [0.25, 0.3) is 0 Å². The fourth-order valence-electron chi connectivity index (χ4n) is 2.89. The lowest BCUT2D eigenvalue weighted by Crippen LogP contribution is -2.28. The van der Waals surface area contributed by atoms with E-state index in [9.17, 15) is 14.0 Å². The summed E-state index contributed by atoms with van der Waals surface area (Å²) in [5.41, 5.74) is 3.06. The zero-order valence-electron chi connectivity index (χ0n) is 14.7. The van der Waals surface area contributed by atoms with E-state index in [-0.39, 0.29) is 12.5 Å². The van der Waals surface area contributed by atoms with Crippen molar-refractivity contribution >= 4 is 28.1 Å². The van der Waals surface area contributed by atoms with Crippen LogP contribution in [0.4, 0.5) is 10.1 Å². The van der Waals surface area contributed by atoms with Gasteiger partial charge >= 0.3 is 5.69 Å². The number of hydrogen-bond acceptors (Lipinski definition) is 4. The maximum absolute atomic E-state index is 13.4. The molecular weight excluding hydrogens is 349 g/mol. The number of amides is 1. The first-order chi connectivity index (χ1) is 12.9. The van der Waals surface area contributed by atoms with Crippen LogP contribution in [-0.4, -0.2) is 25.1 Å². The van der Waals surface area contributed by atoms with Crippen LogP contribution >= 0.6 is 0 Å². The van der Waals surface area contributed by atoms with Crippen LogP contribution in [0.3, 0.4) is 0 Å². The molecule has 8 heteroatoms. The van der Waals surface area contributed by atoms with E-state index in [2.05, 4.69) is 15.4 Å². The first-order valence-corrected chi connectivity index (χ1v) is 8.33. The second-order valence-electron chi connectivity index (χ2n) is 6.39. The zero-order valence-corrected chi connectivity index (χ0v) is 14.7. The Morgan fingerprint density at radius 1 is 1.15 bits per heavy atom. The smallest absolute Gasteiger partial charge is 0.324 e. The van der Waals surface area contributed by atoms with Crippen LogP contribution in [0, 0.1) is 19.7 Å². The SMILES string of the molecule is Cc1ccc(NC(=O)Cn2nc3c4ccc(F)cc4ncn3c2=O)cc1C. The van der Waals surface area contributed by atoms with Gasteiger partial charge in [-0.25, -0.2) is 23.3 Å². The molecule has 0 atom stereocenters. The highest BCUT2D eigenvalue weighted by Gasteiger charge is 2.14. The topological polar surface area (TPSA) is 81.3 Å². The monoisotopic (exact) mass is 365 g/mol. The van der Waals surface area contributed by atoms with Gasteiger partial charge in [-0.15, -0.1) is 5.10 Å². The van der Waals surface area contributed by atoms with Crippen molar-refractivity contribution in [1.29, 1.82) is 0 Å². The van der Waals surface area contributed by atoms with Crippen LogP contribution < -0.4 is 11.0 Å². The molecule has 2 heterocycles. The number of anilines is 1. The molecule has 136 valence electrons. The Morgan fingerprint density at radius 3 is 2.74 bits per heavy atom. The lowest BCUT2D eigenvalue weighted by atomic mass is 10.1. The van der Waals surface area contributed by atoms with E-state index in [4.69, 9.17) is 0 Å². The number of rotatable bonds is 3. The minimum atomic E-state index is -0.487. The number of halogens is 1. The molecule has 0 spiro atoms. The van der Waals surface area contributed by atoms with Gasteiger partial charge in [-0.2, -0.15) is 0 Å². The predicted octanol–water partition coefficient (Wildman–Crippen LogP) is 2.44. The number of aryl methyl sites for hydroxylation is 2. The Labute approximate surface area is 153 Å². The van der Waals surface area contributed by atoms with Gasteiger partial charge in [-0.1, -0.05) is 6.07 Å². The fourth-order valence-corrected chi connectivity index (χ4v) is 2.89. The highest BCUT2D eigenvalue weighted by atomic mass is 19.1. The van der Waals surface area contributed by atoms with E-state index in [1.165, 1.54) is 28.9 Å². The largest absolute Gasteiger partial charge is 0.352 e. The van der Waals surface area contributed by atoms with E-state index < -0.39 is 11.5 Å². The molecule has 0 aliphatic heterocycles. The van der Waals surface area contributed by atoms with Gasteiger partial charge in [0.2, 0.25) is 5.91 Å². The molecule has 0 saturated carbocycles. The number of hydrogen-bond donors (Lipinski definition) is 1. The number of nitrogens with one attached hydrogen (secondary N) is 1. The summed E-state index contributed by atoms with van der Waals surface area (Å²) in [6, 6.07) is 9.65. The summed E-state index contributed by atoms with van der Waals surface area (Å²) in [7, 11) is 0. The van der Waals surface area contributed by atoms with Gasteiger partial charge < -0.3 is 5.32 Å². The summed E-state index contributed by atoms with van der Waals surface area (Å²) < 4.78 is 15.7. The van der Waals surface area contributed by atoms with Crippen molar-refractivity contribution in [3.63, 3.8) is 0 Å². The Balaban J connectivity index is 1.66. The molecular formula is C19H16FN5O2. The highest BCUT2D eigenvalue weighted by Crippen LogP contribution is 2.17. The van der Waals surface area contributed by atoms with Crippen LogP contribution in [0.1, 0.15) is 11.1 Å². The number of nitrogens with zero attached hydrogens (tertiary/aromatic N) is 4. The summed E-state index contributed by atoms with van der Waals surface area (Å²) in [6.45, 7) is 3.70. The molecule has 0 aliphatic carbocycles. The first kappa shape index (κ1) is 16.9. The second kappa shape index (κ2) is 6.31. The van der Waals surface area contributed by atoms with Gasteiger partial charge in [0.05, 0.1) is 5.52 Å². The summed E-state index contributed by atoms with van der Waals surface area (Å²) in [5, 5.41) is 7.52. The molecule has 27 heavy (non-hydrogen) atoms. The highest BCUT2D eigenvalue weighted by molar-refractivity contribution is 5.92. The predicted molar refractivity (Wildman–Crippen MR) is 99.3 cm³/mol. The second-order valence-corrected chi connectivity index (χ2v) is 6.39. The fraction of sp³-hybridized carbons (Fsp3) is 0.158. The summed E-state index contributed by atoms with van der Waals surface area (Å²) in [4.78, 5) is 28.9. The van der Waals surface area contributed by atoms with E-state index in [0.29, 0.717) is 22.2 Å². The molecule has 1 N–H and O–H groups in total. The molecule has 2 aromatic heterocycles. The third kappa shape index (κ3) is 3.05. The lowest BCUT2D eigenvalue weighted by Gasteiger charge is -2.07. The van der Waals surface area contributed by atoms with E-state index in [0.717, 1.165) is 15.8 Å². The van der Waals surface area contributed by atoms with Crippen molar-refractivity contribution in [3.05, 3.63) is 70.2 Å². The van der Waals surface area contributed by atoms with Gasteiger partial charge in [-0.05, 0) is 49.2 Å². The lowest BCUT2D eigenvalue weighted by molar-refractivity contribution is -0.117. The summed E-state index contributed by atoms with van der Waals surface area (Å²) in [6.07, 6.45) is 1.28. The quantitative estimate of drug-likeness (QED) is 0.605. The van der Waals surface area contributed by atoms with Gasteiger partial charge in [0.15, 0.2) is 5.65 Å². The number of carbonyl (C=O) groups excluding carboxylic acids is 1. The Hall–Kier alpha value is -3.55. The number of aromatic nitrogens is 4. The third-order valence-corrected chi connectivity index (χ3v) is 4.47. The molecule has 0 bridgehead atoms. The standard InChI is InChI=1S/C19H16FN5O2/c1-11-3-5-14(7-12(11)2)22-17(26)9-25-19(27)24-10-21-16-8-13(20)4-6-15(16)18(24)23-25/h3-8,10H,9H2,1-2H3,(H,22,26). The van der Waals surface area contributed by atoms with Crippen molar-refractivity contribution in [1.82, 2.24) is 19.2 Å². The molecule has 7 nitrogen and oxygen atoms in total. The average molecular weight is 365 g/mol. The van der Waals surface area contributed by atoms with Crippen LogP contribution in [-0.2, 0) is 11.3 Å². The normalized spacial score (nSPS) is 11.2. The minimum absolute atomic E-state index is 0.240. The molecule has 2 aromatic carbocycles. The number of fused-ring (bicyclic) bond motifs is 3. The molecule has 1 amide bonds. The first-order valence-electron chi connectivity index (χ1n) is 8.33. The van der Waals surface area contributed by atoms with Crippen LogP contribution in [0.15, 0.2) is 47.5 Å². The molecule has 4 aromatic rings. The van der Waals surface area contributed by atoms with Crippen molar-refractivity contribution < 1.29 is 9.18 Å². The van der Waals surface area contributed by atoms with E-state index in [1.807, 2.05) is 26.0 Å². The molecule has 0 unspecified atom stereocenters. The minimum Gasteiger partial charge on any atom is -0.324 e. The zero-order chi connectivity index (χ0) is 19.1. The van der Waals surface area contributed by atoms with Crippen molar-refractivity contribution in [3.8, 4) is 0 Å². The molecule has 0 saturated heterocycles. The van der Waals surface area contributed by atoms with Crippen LogP contribution in [0.25, 0.3) is 16.6 Å². The average Bonchev–Trinajstić information content (AvgIpc) is 2.94. The van der Waals surface area contributed by atoms with E-state index in [1.54, 1.807) is 6.07 Å². The van der Waals surface area contributed by atoms with Crippen molar-refractivity contribution in [2.75, 3.05) is 5.32 Å². The van der Waals surface area contributed by atoms with Crippen molar-refractivity contribution in [2.45, 2.75) is 20.4 Å². The van der Waals surface area contributed by atoms with Gasteiger partial charge in [0.1, 0.15) is 18.7 Å². The molecule has 0 aliphatic rings. The van der Waals surface area contributed by atoms with Crippen LogP contribution in [0.2, 0.25) is 0 Å². The van der Waals surface area contributed by atoms with Crippen LogP contribution in [0.5, 0.6) is 0 Å². The van der Waals surface area contributed by atoms with Gasteiger partial charge in [0, 0.05) is 17.1 Å². The summed E-state index contributed by atoms with van der Waals surface area (Å²) in [5.74, 6) is -0.791. The van der Waals surface area contributed by atoms with Crippen molar-refractivity contribution in [2.24, 2.45) is 0 Å². The summed E-state index contributed by atoms with van der Waals surface area (Å²) >= 11 is 0. The number of benzene rings is 2. The maximum atomic E-state index is 13.4. The Kier molecular flexibility index (Phi) is 3.95. The maximum Gasteiger partial charge on any atom is 0.352 e. The van der Waals surface area contributed by atoms with Gasteiger partial charge in [-0.3, -0.25) is 4.79 Å². The van der Waals surface area contributed by atoms with E-state index >= 15 is 0 Å². The number of carbonyl (C=O) groups is 1. The molecule has 4 rings (SSSR count). The molecule has 0 fully saturated rings.